The van der Waals surface area contributed by atoms with Crippen LogP contribution in [0.5, 0.6) is 0 Å². The van der Waals surface area contributed by atoms with Crippen molar-refractivity contribution in [1.82, 2.24) is 34.9 Å². The van der Waals surface area contributed by atoms with Crippen molar-refractivity contribution in [2.45, 2.75) is 17.5 Å². The van der Waals surface area contributed by atoms with Crippen LogP contribution in [0.4, 0.5) is 0 Å². The van der Waals surface area contributed by atoms with Crippen molar-refractivity contribution < 1.29 is 0 Å². The van der Waals surface area contributed by atoms with Crippen molar-refractivity contribution in [2.75, 3.05) is 5.43 Å². The third-order valence-electron chi connectivity index (χ3n) is 4.94. The molecule has 0 amide bonds. The SMILES string of the molecule is Cc1cccc2cc(C3Nn4c(nnc4-c4ccccc4)S3)c3nnnn3c12. The Morgan fingerprint density at radius 2 is 1.89 bits per heavy atom. The Hall–Kier alpha value is -3.46. The maximum atomic E-state index is 4.35. The van der Waals surface area contributed by atoms with Gasteiger partial charge in [0.1, 0.15) is 5.37 Å². The van der Waals surface area contributed by atoms with E-state index in [4.69, 9.17) is 0 Å². The van der Waals surface area contributed by atoms with Crippen LogP contribution in [0.1, 0.15) is 16.5 Å². The molecule has 0 spiro atoms. The van der Waals surface area contributed by atoms with Gasteiger partial charge in [-0.25, -0.2) is 4.68 Å². The third kappa shape index (κ3) is 2.16. The van der Waals surface area contributed by atoms with Crippen LogP contribution in [0.2, 0.25) is 0 Å². The molecule has 1 N–H and O–H groups in total. The van der Waals surface area contributed by atoms with Crippen LogP contribution in [-0.2, 0) is 0 Å². The molecule has 5 aromatic rings. The molecule has 28 heavy (non-hydrogen) atoms. The van der Waals surface area contributed by atoms with Gasteiger partial charge in [0.2, 0.25) is 5.16 Å². The Morgan fingerprint density at radius 3 is 2.79 bits per heavy atom. The van der Waals surface area contributed by atoms with Crippen molar-refractivity contribution in [3.63, 3.8) is 0 Å². The lowest BCUT2D eigenvalue weighted by Crippen LogP contribution is -2.15. The van der Waals surface area contributed by atoms with Crippen LogP contribution < -0.4 is 5.43 Å². The number of rotatable bonds is 2. The molecule has 136 valence electrons. The van der Waals surface area contributed by atoms with Gasteiger partial charge < -0.3 is 5.43 Å². The molecule has 0 fully saturated rings. The number of fused-ring (bicyclic) bond motifs is 4. The van der Waals surface area contributed by atoms with E-state index in [1.807, 2.05) is 39.5 Å². The van der Waals surface area contributed by atoms with Gasteiger partial charge in [-0.3, -0.25) is 0 Å². The number of tetrazole rings is 1. The summed E-state index contributed by atoms with van der Waals surface area (Å²) in [7, 11) is 0. The predicted molar refractivity (Wildman–Crippen MR) is 106 cm³/mol. The Bertz CT molecular complexity index is 1340. The zero-order valence-corrected chi connectivity index (χ0v) is 15.6. The molecule has 0 saturated heterocycles. The van der Waals surface area contributed by atoms with E-state index in [1.165, 1.54) is 0 Å². The molecule has 0 bridgehead atoms. The lowest BCUT2D eigenvalue weighted by Gasteiger charge is -2.14. The van der Waals surface area contributed by atoms with Crippen molar-refractivity contribution >= 4 is 28.3 Å². The highest BCUT2D eigenvalue weighted by Crippen LogP contribution is 2.42. The maximum absolute atomic E-state index is 4.35. The van der Waals surface area contributed by atoms with E-state index in [1.54, 1.807) is 11.8 Å². The monoisotopic (exact) mass is 386 g/mol. The van der Waals surface area contributed by atoms with Gasteiger partial charge >= 0.3 is 0 Å². The van der Waals surface area contributed by atoms with Crippen molar-refractivity contribution in [3.8, 4) is 11.4 Å². The number of thioether (sulfide) groups is 1. The Kier molecular flexibility index (Phi) is 3.21. The number of aryl methyl sites for hydroxylation is 1. The van der Waals surface area contributed by atoms with Crippen LogP contribution in [0, 0.1) is 6.92 Å². The maximum Gasteiger partial charge on any atom is 0.212 e. The fraction of sp³-hybridized carbons (Fsp3) is 0.105. The first-order valence-corrected chi connectivity index (χ1v) is 9.72. The summed E-state index contributed by atoms with van der Waals surface area (Å²) in [5, 5.41) is 23.0. The van der Waals surface area contributed by atoms with Crippen LogP contribution in [0.25, 0.3) is 27.9 Å². The smallest absolute Gasteiger partial charge is 0.212 e. The fourth-order valence-electron chi connectivity index (χ4n) is 3.65. The van der Waals surface area contributed by atoms with E-state index in [0.29, 0.717) is 0 Å². The minimum Gasteiger partial charge on any atom is -0.304 e. The fourth-order valence-corrected chi connectivity index (χ4v) is 4.65. The Balaban J connectivity index is 1.48. The zero-order valence-electron chi connectivity index (χ0n) is 14.8. The van der Waals surface area contributed by atoms with E-state index in [0.717, 1.165) is 44.2 Å². The largest absolute Gasteiger partial charge is 0.304 e. The molecule has 1 aliphatic rings. The molecule has 1 atom stereocenters. The summed E-state index contributed by atoms with van der Waals surface area (Å²) in [6, 6.07) is 18.4. The third-order valence-corrected chi connectivity index (χ3v) is 6.01. The minimum absolute atomic E-state index is 0.0635. The molecule has 8 nitrogen and oxygen atoms in total. The van der Waals surface area contributed by atoms with Gasteiger partial charge in [-0.15, -0.1) is 15.3 Å². The van der Waals surface area contributed by atoms with Gasteiger partial charge in [0.05, 0.1) is 5.52 Å². The molecule has 4 heterocycles. The van der Waals surface area contributed by atoms with Gasteiger partial charge in [-0.2, -0.15) is 4.52 Å². The van der Waals surface area contributed by atoms with Crippen LogP contribution in [0.3, 0.4) is 0 Å². The molecular weight excluding hydrogens is 372 g/mol. The van der Waals surface area contributed by atoms with Crippen LogP contribution >= 0.6 is 11.8 Å². The zero-order chi connectivity index (χ0) is 18.7. The summed E-state index contributed by atoms with van der Waals surface area (Å²) in [6.07, 6.45) is 0. The first-order valence-electron chi connectivity index (χ1n) is 8.84. The average Bonchev–Trinajstić information content (AvgIpc) is 3.43. The van der Waals surface area contributed by atoms with Crippen molar-refractivity contribution in [2.24, 2.45) is 0 Å². The van der Waals surface area contributed by atoms with Gasteiger partial charge in [0, 0.05) is 16.5 Å². The lowest BCUT2D eigenvalue weighted by molar-refractivity contribution is 0.792. The molecule has 9 heteroatoms. The summed E-state index contributed by atoms with van der Waals surface area (Å²) in [4.78, 5) is 0. The topological polar surface area (TPSA) is 85.8 Å². The first kappa shape index (κ1) is 15.6. The van der Waals surface area contributed by atoms with E-state index in [9.17, 15) is 0 Å². The Labute approximate surface area is 163 Å². The summed E-state index contributed by atoms with van der Waals surface area (Å²) < 4.78 is 3.76. The highest BCUT2D eigenvalue weighted by molar-refractivity contribution is 7.99. The van der Waals surface area contributed by atoms with E-state index in [-0.39, 0.29) is 5.37 Å². The van der Waals surface area contributed by atoms with Crippen LogP contribution in [-0.4, -0.2) is 34.9 Å². The summed E-state index contributed by atoms with van der Waals surface area (Å²) in [6.45, 7) is 2.07. The number of pyridine rings is 1. The standard InChI is InChI=1S/C19H14N8S/c1-11-6-5-9-13-10-14(17-21-24-25-26(17)15(11)13)18-23-27-16(20-22-19(27)28-18)12-7-3-2-4-8-12/h2-10,18,23H,1H3. The minimum atomic E-state index is -0.0635. The molecule has 0 aliphatic carbocycles. The molecule has 0 radical (unpaired) electrons. The number of para-hydroxylation sites is 1. The second-order valence-electron chi connectivity index (χ2n) is 6.66. The number of hydrogen-bond acceptors (Lipinski definition) is 7. The summed E-state index contributed by atoms with van der Waals surface area (Å²) in [5.74, 6) is 0.790. The second-order valence-corrected chi connectivity index (χ2v) is 7.73. The molecule has 0 saturated carbocycles. The van der Waals surface area contributed by atoms with Crippen LogP contribution in [0.15, 0.2) is 59.8 Å². The van der Waals surface area contributed by atoms with Gasteiger partial charge in [0.25, 0.3) is 0 Å². The quantitative estimate of drug-likeness (QED) is 0.499. The first-order chi connectivity index (χ1) is 13.8. The highest BCUT2D eigenvalue weighted by atomic mass is 32.2. The Morgan fingerprint density at radius 1 is 1.00 bits per heavy atom. The summed E-state index contributed by atoms with van der Waals surface area (Å²) in [5.41, 5.74) is 8.43. The highest BCUT2D eigenvalue weighted by Gasteiger charge is 2.30. The lowest BCUT2D eigenvalue weighted by atomic mass is 10.1. The molecule has 2 aromatic carbocycles. The molecule has 1 aliphatic heterocycles. The number of hydrogen-bond donors (Lipinski definition) is 1. The molecular formula is C19H14N8S. The predicted octanol–water partition coefficient (Wildman–Crippen LogP) is 3.19. The molecule has 1 unspecified atom stereocenters. The van der Waals surface area contributed by atoms with Gasteiger partial charge in [-0.05, 0) is 29.0 Å². The normalized spacial score (nSPS) is 15.8. The van der Waals surface area contributed by atoms with E-state index in [2.05, 4.69) is 62.3 Å². The second kappa shape index (κ2) is 5.77. The van der Waals surface area contributed by atoms with Crippen molar-refractivity contribution in [3.05, 3.63) is 65.7 Å². The number of nitrogens with one attached hydrogen (secondary N) is 1. The van der Waals surface area contributed by atoms with Gasteiger partial charge in [-0.1, -0.05) is 60.3 Å². The average molecular weight is 386 g/mol. The van der Waals surface area contributed by atoms with E-state index >= 15 is 0 Å². The van der Waals surface area contributed by atoms with E-state index < -0.39 is 0 Å². The molecule has 6 rings (SSSR count). The van der Waals surface area contributed by atoms with Gasteiger partial charge in [0.15, 0.2) is 11.5 Å². The molecule has 3 aromatic heterocycles. The number of benzene rings is 2. The number of nitrogens with zero attached hydrogens (tertiary/aromatic N) is 7. The van der Waals surface area contributed by atoms with Crippen molar-refractivity contribution in [1.29, 1.82) is 0 Å². The summed E-state index contributed by atoms with van der Waals surface area (Å²) >= 11 is 1.61. The number of aromatic nitrogens is 7.